The molecule has 1 fully saturated rings. The first-order chi connectivity index (χ1) is 18.0. The zero-order chi connectivity index (χ0) is 25.4. The van der Waals surface area contributed by atoms with Gasteiger partial charge in [-0.2, -0.15) is 4.98 Å². The van der Waals surface area contributed by atoms with Crippen molar-refractivity contribution in [2.45, 2.75) is 38.5 Å². The summed E-state index contributed by atoms with van der Waals surface area (Å²) >= 11 is 0. The molecule has 2 aromatic heterocycles. The first kappa shape index (κ1) is 23.4. The Kier molecular flexibility index (Phi) is 6.18. The Balaban J connectivity index is 1.32. The largest absolute Gasteiger partial charge is 0.365 e. The minimum absolute atomic E-state index is 0.0816. The predicted octanol–water partition coefficient (Wildman–Crippen LogP) is 3.75. The van der Waals surface area contributed by atoms with Crippen LogP contribution in [0.3, 0.4) is 0 Å². The lowest BCUT2D eigenvalue weighted by atomic mass is 10.1. The molecule has 6 rings (SSSR count). The second kappa shape index (κ2) is 9.78. The van der Waals surface area contributed by atoms with Crippen molar-refractivity contribution in [1.29, 1.82) is 0 Å². The average molecular weight is 495 g/mol. The van der Waals surface area contributed by atoms with E-state index in [1.165, 1.54) is 55.0 Å². The highest BCUT2D eigenvalue weighted by Crippen LogP contribution is 2.26. The molecule has 0 saturated carbocycles. The number of rotatable bonds is 7. The Hall–Kier alpha value is -4.04. The standard InChI is InChI=1S/C29H30N6O2/c30-27(37)25-18-35(23-11-8-20-4-3-5-21(20)16-23)28-24(26(25)36)17-31-29(33-28)32-22-9-6-19(7-10-22)12-15-34-13-1-2-14-34/h6-11,16-18H,1-5,12-15H2,(H2,30,37)(H,31,32,33). The van der Waals surface area contributed by atoms with Crippen LogP contribution in [0.25, 0.3) is 16.7 Å². The molecule has 1 aliphatic carbocycles. The lowest BCUT2D eigenvalue weighted by Crippen LogP contribution is -2.24. The van der Waals surface area contributed by atoms with E-state index in [2.05, 4.69) is 39.5 Å². The summed E-state index contributed by atoms with van der Waals surface area (Å²) in [4.78, 5) is 36.6. The topological polar surface area (TPSA) is 106 Å². The van der Waals surface area contributed by atoms with Crippen molar-refractivity contribution in [3.05, 3.63) is 87.3 Å². The van der Waals surface area contributed by atoms with Crippen molar-refractivity contribution in [2.24, 2.45) is 5.73 Å². The number of aryl methyl sites for hydroxylation is 2. The summed E-state index contributed by atoms with van der Waals surface area (Å²) < 4.78 is 1.77. The van der Waals surface area contributed by atoms with Crippen molar-refractivity contribution in [3.8, 4) is 5.69 Å². The molecule has 0 atom stereocenters. The summed E-state index contributed by atoms with van der Waals surface area (Å²) in [6.45, 7) is 3.50. The van der Waals surface area contributed by atoms with Gasteiger partial charge in [-0.1, -0.05) is 18.2 Å². The quantitative estimate of drug-likeness (QED) is 0.405. The van der Waals surface area contributed by atoms with Crippen LogP contribution in [0.1, 0.15) is 46.3 Å². The molecule has 2 aliphatic rings. The fourth-order valence-corrected chi connectivity index (χ4v) is 5.43. The highest BCUT2D eigenvalue weighted by Gasteiger charge is 2.18. The van der Waals surface area contributed by atoms with Gasteiger partial charge in [0, 0.05) is 30.3 Å². The van der Waals surface area contributed by atoms with E-state index in [0.717, 1.165) is 43.6 Å². The van der Waals surface area contributed by atoms with Gasteiger partial charge in [-0.05, 0) is 92.6 Å². The monoisotopic (exact) mass is 494 g/mol. The number of primary amides is 1. The zero-order valence-corrected chi connectivity index (χ0v) is 20.7. The number of amides is 1. The average Bonchev–Trinajstić information content (AvgIpc) is 3.60. The van der Waals surface area contributed by atoms with Gasteiger partial charge in [-0.3, -0.25) is 9.59 Å². The van der Waals surface area contributed by atoms with Gasteiger partial charge in [-0.15, -0.1) is 0 Å². The lowest BCUT2D eigenvalue weighted by Gasteiger charge is -2.15. The van der Waals surface area contributed by atoms with Crippen LogP contribution in [0.2, 0.25) is 0 Å². The van der Waals surface area contributed by atoms with Crippen LogP contribution in [0.5, 0.6) is 0 Å². The summed E-state index contributed by atoms with van der Waals surface area (Å²) in [6.07, 6.45) is 9.81. The highest BCUT2D eigenvalue weighted by atomic mass is 16.2. The maximum atomic E-state index is 13.0. The Morgan fingerprint density at radius 3 is 2.57 bits per heavy atom. The molecule has 37 heavy (non-hydrogen) atoms. The van der Waals surface area contributed by atoms with E-state index >= 15 is 0 Å². The smallest absolute Gasteiger partial charge is 0.254 e. The second-order valence-electron chi connectivity index (χ2n) is 9.96. The molecule has 0 radical (unpaired) electrons. The van der Waals surface area contributed by atoms with E-state index in [-0.39, 0.29) is 10.9 Å². The molecule has 2 aromatic carbocycles. The summed E-state index contributed by atoms with van der Waals surface area (Å²) in [5.74, 6) is -0.396. The molecule has 4 aromatic rings. The van der Waals surface area contributed by atoms with E-state index in [1.807, 2.05) is 18.2 Å². The fraction of sp³-hybridized carbons (Fsp3) is 0.310. The molecule has 1 amide bonds. The van der Waals surface area contributed by atoms with Gasteiger partial charge in [0.2, 0.25) is 11.4 Å². The Labute approximate surface area is 215 Å². The van der Waals surface area contributed by atoms with E-state index in [9.17, 15) is 9.59 Å². The van der Waals surface area contributed by atoms with Crippen molar-refractivity contribution >= 4 is 28.6 Å². The predicted molar refractivity (Wildman–Crippen MR) is 145 cm³/mol. The van der Waals surface area contributed by atoms with Crippen LogP contribution < -0.4 is 16.5 Å². The third kappa shape index (κ3) is 4.72. The van der Waals surface area contributed by atoms with E-state index in [0.29, 0.717) is 11.6 Å². The lowest BCUT2D eigenvalue weighted by molar-refractivity contribution is 0.0999. The molecule has 188 valence electrons. The number of nitrogens with one attached hydrogen (secondary N) is 1. The molecule has 8 heteroatoms. The molecule has 0 unspecified atom stereocenters. The number of fused-ring (bicyclic) bond motifs is 2. The third-order valence-corrected chi connectivity index (χ3v) is 7.50. The summed E-state index contributed by atoms with van der Waals surface area (Å²) in [7, 11) is 0. The first-order valence-corrected chi connectivity index (χ1v) is 13.0. The van der Waals surface area contributed by atoms with Gasteiger partial charge in [0.15, 0.2) is 5.65 Å². The van der Waals surface area contributed by atoms with Crippen LogP contribution >= 0.6 is 0 Å². The molecule has 8 nitrogen and oxygen atoms in total. The number of nitrogens with zero attached hydrogens (tertiary/aromatic N) is 4. The fourth-order valence-electron chi connectivity index (χ4n) is 5.43. The highest BCUT2D eigenvalue weighted by molar-refractivity contribution is 5.96. The zero-order valence-electron chi connectivity index (χ0n) is 20.7. The van der Waals surface area contributed by atoms with Crippen molar-refractivity contribution < 1.29 is 4.79 Å². The molecule has 0 bridgehead atoms. The number of carbonyl (C=O) groups is 1. The number of anilines is 2. The van der Waals surface area contributed by atoms with Gasteiger partial charge in [0.1, 0.15) is 5.56 Å². The normalized spacial score (nSPS) is 15.2. The van der Waals surface area contributed by atoms with E-state index in [4.69, 9.17) is 10.7 Å². The minimum Gasteiger partial charge on any atom is -0.365 e. The third-order valence-electron chi connectivity index (χ3n) is 7.50. The SMILES string of the molecule is NC(=O)c1cn(-c2ccc3c(c2)CCC3)c2nc(Nc3ccc(CCN4CCCC4)cc3)ncc2c1=O. The van der Waals surface area contributed by atoms with Crippen LogP contribution in [0.15, 0.2) is 59.7 Å². The Morgan fingerprint density at radius 1 is 1.00 bits per heavy atom. The van der Waals surface area contributed by atoms with Gasteiger partial charge < -0.3 is 20.5 Å². The summed E-state index contributed by atoms with van der Waals surface area (Å²) in [5.41, 5.74) is 11.0. The van der Waals surface area contributed by atoms with Crippen LogP contribution in [-0.2, 0) is 19.3 Å². The van der Waals surface area contributed by atoms with Gasteiger partial charge in [0.05, 0.1) is 5.39 Å². The Bertz CT molecular complexity index is 1540. The number of nitrogens with two attached hydrogens (primary N) is 1. The summed E-state index contributed by atoms with van der Waals surface area (Å²) in [5, 5.41) is 3.51. The van der Waals surface area contributed by atoms with Crippen molar-refractivity contribution in [1.82, 2.24) is 19.4 Å². The van der Waals surface area contributed by atoms with Crippen LogP contribution in [0.4, 0.5) is 11.6 Å². The van der Waals surface area contributed by atoms with Crippen LogP contribution in [-0.4, -0.2) is 45.0 Å². The number of carbonyl (C=O) groups excluding carboxylic acids is 1. The second-order valence-corrected chi connectivity index (χ2v) is 9.96. The maximum absolute atomic E-state index is 13.0. The van der Waals surface area contributed by atoms with E-state index in [1.54, 1.807) is 4.57 Å². The number of aromatic nitrogens is 3. The Morgan fingerprint density at radius 2 is 1.78 bits per heavy atom. The molecular weight excluding hydrogens is 464 g/mol. The molecule has 3 heterocycles. The number of likely N-dealkylation sites (tertiary alicyclic amines) is 1. The van der Waals surface area contributed by atoms with E-state index < -0.39 is 11.3 Å². The van der Waals surface area contributed by atoms with Crippen molar-refractivity contribution in [3.63, 3.8) is 0 Å². The van der Waals surface area contributed by atoms with Gasteiger partial charge >= 0.3 is 0 Å². The molecule has 1 saturated heterocycles. The maximum Gasteiger partial charge on any atom is 0.254 e. The molecular formula is C29H30N6O2. The minimum atomic E-state index is -0.770. The number of benzene rings is 2. The van der Waals surface area contributed by atoms with Gasteiger partial charge in [0.25, 0.3) is 5.91 Å². The van der Waals surface area contributed by atoms with Gasteiger partial charge in [-0.25, -0.2) is 4.98 Å². The summed E-state index contributed by atoms with van der Waals surface area (Å²) in [6, 6.07) is 14.5. The molecule has 1 aliphatic heterocycles. The molecule has 0 spiro atoms. The van der Waals surface area contributed by atoms with Crippen molar-refractivity contribution in [2.75, 3.05) is 25.0 Å². The molecule has 3 N–H and O–H groups in total. The van der Waals surface area contributed by atoms with Crippen LogP contribution in [0, 0.1) is 0 Å². The first-order valence-electron chi connectivity index (χ1n) is 13.0. The number of pyridine rings is 1. The number of hydrogen-bond acceptors (Lipinski definition) is 6. The number of hydrogen-bond donors (Lipinski definition) is 2.